The predicted octanol–water partition coefficient (Wildman–Crippen LogP) is -0.965. The molecule has 0 aliphatic carbocycles. The van der Waals surface area contributed by atoms with E-state index in [1.807, 2.05) is 0 Å². The number of carbonyl (C=O) groups excluding carboxylic acids is 4. The minimum Gasteiger partial charge on any atom is -0.422 e. The van der Waals surface area contributed by atoms with Crippen LogP contribution in [0.25, 0.3) is 0 Å². The van der Waals surface area contributed by atoms with E-state index in [0.717, 1.165) is 13.8 Å². The monoisotopic (exact) mass is 295 g/mol. The van der Waals surface area contributed by atoms with Gasteiger partial charge in [0.25, 0.3) is 6.29 Å². The lowest BCUT2D eigenvalue weighted by atomic mass is 9.76. The maximum absolute atomic E-state index is 12.0. The molecule has 2 bridgehead atoms. The van der Waals surface area contributed by atoms with E-state index in [2.05, 4.69) is 5.32 Å². The molecule has 0 aromatic rings. The summed E-state index contributed by atoms with van der Waals surface area (Å²) in [6, 6.07) is 0. The maximum atomic E-state index is 12.0. The summed E-state index contributed by atoms with van der Waals surface area (Å²) in [4.78, 5) is 46.3. The van der Waals surface area contributed by atoms with Crippen molar-refractivity contribution in [3.05, 3.63) is 12.2 Å². The molecule has 0 spiro atoms. The minimum absolute atomic E-state index is 0.439. The molecule has 4 atom stereocenters. The van der Waals surface area contributed by atoms with Crippen molar-refractivity contribution in [2.75, 3.05) is 0 Å². The van der Waals surface area contributed by atoms with Gasteiger partial charge in [0.1, 0.15) is 0 Å². The first kappa shape index (κ1) is 13.7. The fourth-order valence-corrected chi connectivity index (χ4v) is 3.14. The van der Waals surface area contributed by atoms with Gasteiger partial charge in [-0.1, -0.05) is 6.08 Å². The van der Waals surface area contributed by atoms with Gasteiger partial charge in [-0.15, -0.1) is 0 Å². The zero-order valence-corrected chi connectivity index (χ0v) is 11.3. The first-order chi connectivity index (χ1) is 9.85. The summed E-state index contributed by atoms with van der Waals surface area (Å²) in [5.41, 5.74) is -1.46. The predicted molar refractivity (Wildman–Crippen MR) is 64.2 cm³/mol. The summed E-state index contributed by atoms with van der Waals surface area (Å²) < 4.78 is 15.7. The number of nitrogens with one attached hydrogen (secondary N) is 1. The van der Waals surface area contributed by atoms with Gasteiger partial charge in [0.15, 0.2) is 5.60 Å². The van der Waals surface area contributed by atoms with Gasteiger partial charge in [-0.2, -0.15) is 0 Å². The molecule has 0 unspecified atom stereocenters. The van der Waals surface area contributed by atoms with Crippen LogP contribution in [-0.4, -0.2) is 41.7 Å². The van der Waals surface area contributed by atoms with E-state index in [0.29, 0.717) is 0 Å². The Balaban J connectivity index is 1.99. The first-order valence-corrected chi connectivity index (χ1v) is 6.41. The number of rotatable bonds is 3. The second-order valence-electron chi connectivity index (χ2n) is 5.20. The molecule has 0 aromatic heterocycles. The van der Waals surface area contributed by atoms with Gasteiger partial charge >= 0.3 is 11.9 Å². The van der Waals surface area contributed by atoms with Crippen molar-refractivity contribution in [3.63, 3.8) is 0 Å². The lowest BCUT2D eigenvalue weighted by Gasteiger charge is -2.34. The van der Waals surface area contributed by atoms with Crippen molar-refractivity contribution >= 4 is 23.8 Å². The smallest absolute Gasteiger partial charge is 0.305 e. The van der Waals surface area contributed by atoms with Gasteiger partial charge in [-0.3, -0.25) is 24.5 Å². The molecule has 2 fully saturated rings. The fourth-order valence-electron chi connectivity index (χ4n) is 3.14. The molecular formula is C13H13NO7. The molecule has 2 saturated heterocycles. The molecule has 3 rings (SSSR count). The average Bonchev–Trinajstić information content (AvgIpc) is 3.00. The number of hydrogen-bond acceptors (Lipinski definition) is 7. The Morgan fingerprint density at radius 3 is 2.43 bits per heavy atom. The Bertz CT molecular complexity index is 567. The largest absolute Gasteiger partial charge is 0.422 e. The number of ether oxygens (including phenoxy) is 3. The van der Waals surface area contributed by atoms with E-state index in [-0.39, 0.29) is 0 Å². The second kappa shape index (κ2) is 4.39. The summed E-state index contributed by atoms with van der Waals surface area (Å²) in [5, 5.41) is 2.23. The summed E-state index contributed by atoms with van der Waals surface area (Å²) >= 11 is 0. The highest BCUT2D eigenvalue weighted by atomic mass is 16.7. The van der Waals surface area contributed by atoms with Gasteiger partial charge in [0.05, 0.1) is 17.9 Å². The normalized spacial score (nSPS) is 35.9. The third-order valence-electron chi connectivity index (χ3n) is 3.83. The zero-order valence-electron chi connectivity index (χ0n) is 11.3. The minimum atomic E-state index is -1.46. The van der Waals surface area contributed by atoms with Crippen LogP contribution in [0.3, 0.4) is 0 Å². The third-order valence-corrected chi connectivity index (χ3v) is 3.83. The Hall–Kier alpha value is -2.22. The molecule has 8 nitrogen and oxygen atoms in total. The van der Waals surface area contributed by atoms with Crippen LogP contribution >= 0.6 is 0 Å². The van der Waals surface area contributed by atoms with E-state index in [1.54, 1.807) is 6.08 Å². The van der Waals surface area contributed by atoms with Crippen LogP contribution in [0.4, 0.5) is 0 Å². The number of amides is 2. The van der Waals surface area contributed by atoms with E-state index < -0.39 is 53.6 Å². The van der Waals surface area contributed by atoms with Crippen LogP contribution in [0.2, 0.25) is 0 Å². The van der Waals surface area contributed by atoms with Gasteiger partial charge < -0.3 is 14.2 Å². The number of esters is 2. The van der Waals surface area contributed by atoms with Gasteiger partial charge in [-0.05, 0) is 6.08 Å². The van der Waals surface area contributed by atoms with Crippen LogP contribution < -0.4 is 5.32 Å². The molecule has 3 aliphatic rings. The van der Waals surface area contributed by atoms with Crippen molar-refractivity contribution < 1.29 is 33.4 Å². The lowest BCUT2D eigenvalue weighted by molar-refractivity contribution is -0.226. The first-order valence-electron chi connectivity index (χ1n) is 6.41. The highest BCUT2D eigenvalue weighted by Gasteiger charge is 2.70. The van der Waals surface area contributed by atoms with Crippen LogP contribution in [0.15, 0.2) is 12.2 Å². The van der Waals surface area contributed by atoms with E-state index in [1.165, 1.54) is 6.08 Å². The van der Waals surface area contributed by atoms with Crippen molar-refractivity contribution in [2.24, 2.45) is 11.8 Å². The quantitative estimate of drug-likeness (QED) is 0.309. The van der Waals surface area contributed by atoms with E-state index in [4.69, 9.17) is 14.2 Å². The SMILES string of the molecule is CC(=O)OC(OC(C)=O)[C@@]12C=C[C@@H](O1)[C@H]1C(=O)NC(=O)[C@@H]12. The van der Waals surface area contributed by atoms with Crippen molar-refractivity contribution in [3.8, 4) is 0 Å². The van der Waals surface area contributed by atoms with Crippen molar-refractivity contribution in [2.45, 2.75) is 31.8 Å². The van der Waals surface area contributed by atoms with Crippen molar-refractivity contribution in [1.82, 2.24) is 5.32 Å². The molecule has 0 radical (unpaired) electrons. The van der Waals surface area contributed by atoms with Gasteiger partial charge in [0, 0.05) is 13.8 Å². The summed E-state index contributed by atoms with van der Waals surface area (Å²) in [6.07, 6.45) is 1.11. The summed E-state index contributed by atoms with van der Waals surface area (Å²) in [5.74, 6) is -3.93. The Kier molecular flexibility index (Phi) is 2.87. The number of hydrogen-bond donors (Lipinski definition) is 1. The molecule has 0 saturated carbocycles. The molecule has 8 heteroatoms. The molecule has 3 heterocycles. The van der Waals surface area contributed by atoms with Crippen LogP contribution in [-0.2, 0) is 33.4 Å². The van der Waals surface area contributed by atoms with Crippen LogP contribution in [0.1, 0.15) is 13.8 Å². The maximum Gasteiger partial charge on any atom is 0.305 e. The molecule has 3 aliphatic heterocycles. The standard InChI is InChI=1S/C13H13NO7/c1-5(15)19-12(20-6(2)16)13-4-3-7(21-13)8-9(13)11(18)14-10(8)17/h3-4,7-9,12H,1-2H3,(H,14,17,18)/t7-,8-,9-,13+/m1/s1. The Morgan fingerprint density at radius 1 is 1.24 bits per heavy atom. The average molecular weight is 295 g/mol. The van der Waals surface area contributed by atoms with Gasteiger partial charge in [-0.25, -0.2) is 0 Å². The summed E-state index contributed by atoms with van der Waals surface area (Å²) in [6.45, 7) is 2.30. The fraction of sp³-hybridized carbons (Fsp3) is 0.538. The van der Waals surface area contributed by atoms with Gasteiger partial charge in [0.2, 0.25) is 11.8 Å². The molecule has 112 valence electrons. The van der Waals surface area contributed by atoms with Crippen molar-refractivity contribution in [1.29, 1.82) is 0 Å². The molecular weight excluding hydrogens is 282 g/mol. The molecule has 21 heavy (non-hydrogen) atoms. The second-order valence-corrected chi connectivity index (χ2v) is 5.20. The van der Waals surface area contributed by atoms with E-state index in [9.17, 15) is 19.2 Å². The Morgan fingerprint density at radius 2 is 1.86 bits per heavy atom. The Labute approximate surface area is 119 Å². The van der Waals surface area contributed by atoms with E-state index >= 15 is 0 Å². The van der Waals surface area contributed by atoms with Crippen LogP contribution in [0, 0.1) is 11.8 Å². The zero-order chi connectivity index (χ0) is 15.4. The number of carbonyl (C=O) groups is 4. The number of imide groups is 1. The lowest BCUT2D eigenvalue weighted by Crippen LogP contribution is -2.52. The van der Waals surface area contributed by atoms with Crippen LogP contribution in [0.5, 0.6) is 0 Å². The molecule has 2 amide bonds. The number of fused-ring (bicyclic) bond motifs is 5. The topological polar surface area (TPSA) is 108 Å². The highest BCUT2D eigenvalue weighted by molar-refractivity contribution is 6.07. The third kappa shape index (κ3) is 1.86. The molecule has 1 N–H and O–H groups in total. The highest BCUT2D eigenvalue weighted by Crippen LogP contribution is 2.52. The molecule has 0 aromatic carbocycles. The summed E-state index contributed by atoms with van der Waals surface area (Å²) in [7, 11) is 0.